The summed E-state index contributed by atoms with van der Waals surface area (Å²) >= 11 is 6.26. The average molecular weight is 647 g/mol. The largest absolute Gasteiger partial charge is 0.434 e. The van der Waals surface area contributed by atoms with Crippen LogP contribution in [0.5, 0.6) is 5.75 Å². The van der Waals surface area contributed by atoms with Gasteiger partial charge in [0.2, 0.25) is 5.91 Å². The van der Waals surface area contributed by atoms with Gasteiger partial charge in [-0.1, -0.05) is 41.9 Å². The van der Waals surface area contributed by atoms with E-state index >= 15 is 0 Å². The number of alkyl halides is 2. The highest BCUT2D eigenvalue weighted by molar-refractivity contribution is 6.31. The number of rotatable bonds is 8. The quantitative estimate of drug-likeness (QED) is 0.265. The van der Waals surface area contributed by atoms with Gasteiger partial charge in [0.15, 0.2) is 5.65 Å². The molecule has 5 heterocycles. The van der Waals surface area contributed by atoms with E-state index in [1.807, 2.05) is 23.1 Å². The van der Waals surface area contributed by atoms with Crippen LogP contribution in [0.1, 0.15) is 15.9 Å². The van der Waals surface area contributed by atoms with Crippen LogP contribution in [0, 0.1) is 5.92 Å². The smallest absolute Gasteiger partial charge is 0.387 e. The molecule has 1 N–H and O–H groups in total. The number of carbonyl (C=O) groups excluding carboxylic acids is 2. The number of fused-ring (bicyclic) bond motifs is 2. The van der Waals surface area contributed by atoms with Crippen LogP contribution >= 0.6 is 11.6 Å². The number of aromatic nitrogens is 5. The van der Waals surface area contributed by atoms with E-state index in [1.54, 1.807) is 12.3 Å². The third-order valence-electron chi connectivity index (χ3n) is 8.72. The van der Waals surface area contributed by atoms with Crippen LogP contribution in [0.4, 0.5) is 14.5 Å². The number of likely N-dealkylation sites (N-methyl/N-ethyl adjacent to an activating group) is 1. The maximum atomic E-state index is 13.8. The summed E-state index contributed by atoms with van der Waals surface area (Å²) in [6.07, 6.45) is 6.06. The number of amides is 2. The Morgan fingerprint density at radius 3 is 2.76 bits per heavy atom. The number of nitrogens with one attached hydrogen (secondary N) is 1. The molecule has 2 fully saturated rings. The first-order valence-corrected chi connectivity index (χ1v) is 15.0. The van der Waals surface area contributed by atoms with Crippen molar-refractivity contribution in [3.05, 3.63) is 95.5 Å². The Kier molecular flexibility index (Phi) is 7.65. The van der Waals surface area contributed by atoms with Crippen LogP contribution in [0.25, 0.3) is 16.9 Å². The van der Waals surface area contributed by atoms with Gasteiger partial charge in [0.25, 0.3) is 5.91 Å². The van der Waals surface area contributed by atoms with Gasteiger partial charge in [-0.05, 0) is 36.9 Å². The first kappa shape index (κ1) is 29.8. The fraction of sp³-hybridized carbons (Fsp3) is 0.281. The number of hydrogen-bond acceptors (Lipinski definition) is 7. The average Bonchev–Trinajstić information content (AvgIpc) is 3.79. The van der Waals surface area contributed by atoms with E-state index in [0.717, 1.165) is 13.1 Å². The predicted molar refractivity (Wildman–Crippen MR) is 166 cm³/mol. The Labute approximate surface area is 267 Å². The van der Waals surface area contributed by atoms with Crippen molar-refractivity contribution < 1.29 is 23.1 Å². The molecule has 2 aliphatic rings. The first-order valence-electron chi connectivity index (χ1n) is 14.6. The predicted octanol–water partition coefficient (Wildman–Crippen LogP) is 4.44. The lowest BCUT2D eigenvalue weighted by Crippen LogP contribution is -2.40. The minimum Gasteiger partial charge on any atom is -0.434 e. The molecule has 11 nitrogen and oxygen atoms in total. The minimum atomic E-state index is -3.11. The summed E-state index contributed by atoms with van der Waals surface area (Å²) in [6.45, 7) is -0.380. The number of ether oxygens (including phenoxy) is 1. The van der Waals surface area contributed by atoms with Crippen LogP contribution in [-0.2, 0) is 16.8 Å². The fourth-order valence-electron chi connectivity index (χ4n) is 6.78. The Morgan fingerprint density at radius 2 is 1.96 bits per heavy atom. The highest BCUT2D eigenvalue weighted by Gasteiger charge is 2.53. The number of carbonyl (C=O) groups is 2. The van der Waals surface area contributed by atoms with Gasteiger partial charge in [-0.15, -0.1) is 0 Å². The molecule has 5 aromatic rings. The zero-order valence-electron chi connectivity index (χ0n) is 24.7. The van der Waals surface area contributed by atoms with Gasteiger partial charge in [-0.25, -0.2) is 9.50 Å². The lowest BCUT2D eigenvalue weighted by Gasteiger charge is -2.29. The maximum absolute atomic E-state index is 13.8. The number of benzene rings is 2. The van der Waals surface area contributed by atoms with Crippen molar-refractivity contribution in [1.82, 2.24) is 34.2 Å². The number of anilines is 1. The molecule has 236 valence electrons. The second-order valence-electron chi connectivity index (χ2n) is 11.7. The van der Waals surface area contributed by atoms with Gasteiger partial charge in [-0.3, -0.25) is 14.3 Å². The van der Waals surface area contributed by atoms with Crippen molar-refractivity contribution in [2.24, 2.45) is 5.92 Å². The minimum absolute atomic E-state index is 0.101. The molecular weight excluding hydrogens is 618 g/mol. The van der Waals surface area contributed by atoms with E-state index in [1.165, 1.54) is 51.6 Å². The van der Waals surface area contributed by atoms with Gasteiger partial charge in [-0.2, -0.15) is 19.0 Å². The summed E-state index contributed by atoms with van der Waals surface area (Å²) in [5, 5.41) is 11.8. The number of halogens is 3. The van der Waals surface area contributed by atoms with Crippen molar-refractivity contribution in [2.75, 3.05) is 38.5 Å². The van der Waals surface area contributed by atoms with Crippen LogP contribution in [0.2, 0.25) is 5.02 Å². The van der Waals surface area contributed by atoms with E-state index in [9.17, 15) is 18.4 Å². The molecular formula is C32H29ClF2N8O3. The molecule has 2 amide bonds. The number of likely N-dealkylation sites (tertiary alicyclic amines) is 2. The molecule has 2 aromatic carbocycles. The molecule has 0 saturated carbocycles. The Balaban J connectivity index is 1.20. The van der Waals surface area contributed by atoms with Gasteiger partial charge < -0.3 is 19.9 Å². The molecule has 14 heteroatoms. The Morgan fingerprint density at radius 1 is 1.13 bits per heavy atom. The molecule has 0 unspecified atom stereocenters. The summed E-state index contributed by atoms with van der Waals surface area (Å²) in [6, 6.07) is 16.1. The van der Waals surface area contributed by atoms with Crippen molar-refractivity contribution >= 4 is 34.7 Å². The summed E-state index contributed by atoms with van der Waals surface area (Å²) in [7, 11) is 2.10. The SMILES string of the molecule is CN1C[C@H]2CN(C(=O)Cn3cc(NC(=O)c4cnn5cccnc45)c(-c4cc(Cl)ccc4OC(F)F)n3)C[C@@]2(c2ccccc2)C1. The molecule has 2 atom stereocenters. The van der Waals surface area contributed by atoms with E-state index in [0.29, 0.717) is 18.7 Å². The van der Waals surface area contributed by atoms with Gasteiger partial charge in [0.1, 0.15) is 23.6 Å². The van der Waals surface area contributed by atoms with E-state index in [2.05, 4.69) is 44.6 Å². The third-order valence-corrected chi connectivity index (χ3v) is 8.96. The van der Waals surface area contributed by atoms with E-state index in [-0.39, 0.29) is 57.1 Å². The third kappa shape index (κ3) is 5.45. The van der Waals surface area contributed by atoms with Crippen molar-refractivity contribution in [2.45, 2.75) is 18.6 Å². The van der Waals surface area contributed by atoms with E-state index in [4.69, 9.17) is 16.3 Å². The lowest BCUT2D eigenvalue weighted by molar-refractivity contribution is -0.131. The fourth-order valence-corrected chi connectivity index (χ4v) is 6.95. The highest BCUT2D eigenvalue weighted by Crippen LogP contribution is 2.44. The van der Waals surface area contributed by atoms with Gasteiger partial charge in [0, 0.05) is 66.7 Å². The van der Waals surface area contributed by atoms with Crippen molar-refractivity contribution in [3.8, 4) is 17.0 Å². The zero-order valence-corrected chi connectivity index (χ0v) is 25.4. The zero-order chi connectivity index (χ0) is 32.0. The molecule has 0 spiro atoms. The maximum Gasteiger partial charge on any atom is 0.387 e. The molecule has 0 bridgehead atoms. The summed E-state index contributed by atoms with van der Waals surface area (Å²) in [5.41, 5.74) is 1.93. The number of hydrogen-bond donors (Lipinski definition) is 1. The Hall–Kier alpha value is -4.88. The molecule has 46 heavy (non-hydrogen) atoms. The standard InChI is InChI=1S/C32H29ClF2N8O3/c1-40-14-21-15-41(19-32(21,18-40)20-6-3-2-4-7-20)27(44)17-42-16-25(38-30(45)24-13-37-43-11-5-10-36-29(24)43)28(39-42)23-12-22(33)8-9-26(23)46-31(34)35/h2-13,16,21,31H,14-15,17-19H2,1H3,(H,38,45)/t21-,32+/m0/s1. The first-order chi connectivity index (χ1) is 22.2. The molecule has 2 saturated heterocycles. The van der Waals surface area contributed by atoms with E-state index < -0.39 is 12.5 Å². The lowest BCUT2D eigenvalue weighted by atomic mass is 9.75. The Bertz CT molecular complexity index is 1930. The molecule has 0 aliphatic carbocycles. The molecule has 7 rings (SSSR count). The molecule has 3 aromatic heterocycles. The molecule has 0 radical (unpaired) electrons. The summed E-state index contributed by atoms with van der Waals surface area (Å²) in [4.78, 5) is 35.6. The van der Waals surface area contributed by atoms with Crippen LogP contribution in [0.3, 0.4) is 0 Å². The normalized spacial score (nSPS) is 19.6. The summed E-state index contributed by atoms with van der Waals surface area (Å²) in [5.74, 6) is -0.626. The topological polar surface area (TPSA) is 110 Å². The monoisotopic (exact) mass is 646 g/mol. The van der Waals surface area contributed by atoms with Crippen LogP contribution < -0.4 is 10.1 Å². The van der Waals surface area contributed by atoms with Crippen molar-refractivity contribution in [1.29, 1.82) is 0 Å². The van der Waals surface area contributed by atoms with Gasteiger partial charge >= 0.3 is 6.61 Å². The highest BCUT2D eigenvalue weighted by atomic mass is 35.5. The second kappa shape index (κ2) is 11.8. The second-order valence-corrected chi connectivity index (χ2v) is 12.1. The van der Waals surface area contributed by atoms with Gasteiger partial charge in [0.05, 0.1) is 11.9 Å². The van der Waals surface area contributed by atoms with Crippen LogP contribution in [0.15, 0.2) is 79.4 Å². The number of nitrogens with zero attached hydrogens (tertiary/aromatic N) is 7. The molecule has 2 aliphatic heterocycles. The summed E-state index contributed by atoms with van der Waals surface area (Å²) < 4.78 is 34.3. The van der Waals surface area contributed by atoms with Crippen molar-refractivity contribution in [3.63, 3.8) is 0 Å². The van der Waals surface area contributed by atoms with Crippen LogP contribution in [-0.4, -0.2) is 85.8 Å².